The number of pyridine rings is 1. The third-order valence-electron chi connectivity index (χ3n) is 2.11. The number of halogens is 3. The summed E-state index contributed by atoms with van der Waals surface area (Å²) >= 11 is 0. The Morgan fingerprint density at radius 3 is 2.40 bits per heavy atom. The number of aliphatic hydroxyl groups excluding tert-OH is 1. The molecule has 0 aliphatic rings. The van der Waals surface area contributed by atoms with Gasteiger partial charge in [-0.05, 0) is 12.0 Å². The summed E-state index contributed by atoms with van der Waals surface area (Å²) in [6, 6.07) is 0.876. The van der Waals surface area contributed by atoms with Gasteiger partial charge in [0.25, 0.3) is 0 Å². The molecule has 0 saturated carbocycles. The van der Waals surface area contributed by atoms with Crippen molar-refractivity contribution in [2.75, 3.05) is 0 Å². The van der Waals surface area contributed by atoms with Crippen LogP contribution in [0, 0.1) is 5.92 Å². The monoisotopic (exact) mass is 219 g/mol. The lowest BCUT2D eigenvalue weighted by atomic mass is 9.96. The molecule has 1 aromatic rings. The molecule has 0 radical (unpaired) electrons. The van der Waals surface area contributed by atoms with Crippen LogP contribution in [0.4, 0.5) is 13.2 Å². The zero-order chi connectivity index (χ0) is 11.6. The zero-order valence-electron chi connectivity index (χ0n) is 8.42. The molecule has 0 amide bonds. The van der Waals surface area contributed by atoms with Crippen LogP contribution in [0.15, 0.2) is 18.5 Å². The normalized spacial score (nSPS) is 14.3. The fourth-order valence-corrected chi connectivity index (χ4v) is 1.26. The van der Waals surface area contributed by atoms with Crippen molar-refractivity contribution in [2.45, 2.75) is 26.1 Å². The van der Waals surface area contributed by atoms with Crippen LogP contribution in [0.3, 0.4) is 0 Å². The van der Waals surface area contributed by atoms with E-state index in [4.69, 9.17) is 0 Å². The number of aliphatic hydroxyl groups is 1. The van der Waals surface area contributed by atoms with E-state index in [9.17, 15) is 18.3 Å². The minimum absolute atomic E-state index is 0.167. The molecule has 84 valence electrons. The van der Waals surface area contributed by atoms with Gasteiger partial charge in [0.15, 0.2) is 0 Å². The number of alkyl halides is 3. The average Bonchev–Trinajstić information content (AvgIpc) is 2.15. The van der Waals surface area contributed by atoms with E-state index in [1.165, 1.54) is 0 Å². The SMILES string of the molecule is CC(C)C(O)c1cnccc1C(F)(F)F. The lowest BCUT2D eigenvalue weighted by molar-refractivity contribution is -0.139. The molecule has 5 heteroatoms. The summed E-state index contributed by atoms with van der Waals surface area (Å²) in [5, 5.41) is 9.60. The summed E-state index contributed by atoms with van der Waals surface area (Å²) in [6.45, 7) is 3.30. The fourth-order valence-electron chi connectivity index (χ4n) is 1.26. The van der Waals surface area contributed by atoms with E-state index in [2.05, 4.69) is 4.98 Å². The van der Waals surface area contributed by atoms with Gasteiger partial charge in [-0.25, -0.2) is 0 Å². The predicted molar refractivity (Wildman–Crippen MR) is 49.0 cm³/mol. The van der Waals surface area contributed by atoms with Gasteiger partial charge in [-0.3, -0.25) is 4.98 Å². The van der Waals surface area contributed by atoms with Gasteiger partial charge in [0.05, 0.1) is 11.7 Å². The summed E-state index contributed by atoms with van der Waals surface area (Å²) in [4.78, 5) is 3.60. The van der Waals surface area contributed by atoms with Crippen molar-refractivity contribution in [3.63, 3.8) is 0 Å². The second-order valence-electron chi connectivity index (χ2n) is 3.65. The molecular formula is C10H12F3NO. The molecule has 2 nitrogen and oxygen atoms in total. The third-order valence-corrected chi connectivity index (χ3v) is 2.11. The first-order chi connectivity index (χ1) is 6.84. The topological polar surface area (TPSA) is 33.1 Å². The fraction of sp³-hybridized carbons (Fsp3) is 0.500. The molecule has 0 aromatic carbocycles. The number of aromatic nitrogens is 1. The van der Waals surface area contributed by atoms with E-state index >= 15 is 0 Å². The van der Waals surface area contributed by atoms with Gasteiger partial charge in [-0.15, -0.1) is 0 Å². The Morgan fingerprint density at radius 1 is 1.33 bits per heavy atom. The molecule has 0 saturated heterocycles. The van der Waals surface area contributed by atoms with Crippen LogP contribution in [0.5, 0.6) is 0 Å². The molecule has 0 spiro atoms. The number of rotatable bonds is 2. The number of nitrogens with zero attached hydrogens (tertiary/aromatic N) is 1. The quantitative estimate of drug-likeness (QED) is 0.829. The molecule has 1 aromatic heterocycles. The maximum atomic E-state index is 12.5. The van der Waals surface area contributed by atoms with Gasteiger partial charge in [0.2, 0.25) is 0 Å². The molecule has 0 bridgehead atoms. The highest BCUT2D eigenvalue weighted by Crippen LogP contribution is 2.35. The van der Waals surface area contributed by atoms with Crippen LogP contribution in [0.25, 0.3) is 0 Å². The van der Waals surface area contributed by atoms with Crippen molar-refractivity contribution < 1.29 is 18.3 Å². The smallest absolute Gasteiger partial charge is 0.388 e. The predicted octanol–water partition coefficient (Wildman–Crippen LogP) is 2.79. The zero-order valence-corrected chi connectivity index (χ0v) is 8.42. The summed E-state index contributed by atoms with van der Waals surface area (Å²) in [7, 11) is 0. The van der Waals surface area contributed by atoms with Crippen molar-refractivity contribution in [1.29, 1.82) is 0 Å². The van der Waals surface area contributed by atoms with Crippen molar-refractivity contribution in [3.8, 4) is 0 Å². The van der Waals surface area contributed by atoms with E-state index in [1.54, 1.807) is 13.8 Å². The largest absolute Gasteiger partial charge is 0.416 e. The van der Waals surface area contributed by atoms with E-state index in [-0.39, 0.29) is 11.5 Å². The molecule has 1 rings (SSSR count). The van der Waals surface area contributed by atoms with Crippen molar-refractivity contribution in [3.05, 3.63) is 29.6 Å². The minimum Gasteiger partial charge on any atom is -0.388 e. The molecule has 1 heterocycles. The highest BCUT2D eigenvalue weighted by molar-refractivity contribution is 5.28. The van der Waals surface area contributed by atoms with Gasteiger partial charge in [0, 0.05) is 18.0 Å². The lowest BCUT2D eigenvalue weighted by Gasteiger charge is -2.19. The van der Waals surface area contributed by atoms with Gasteiger partial charge >= 0.3 is 6.18 Å². The summed E-state index contributed by atoms with van der Waals surface area (Å²) in [6.07, 6.45) is -3.46. The summed E-state index contributed by atoms with van der Waals surface area (Å²) in [5.74, 6) is -0.282. The molecule has 1 atom stereocenters. The Bertz CT molecular complexity index is 336. The second kappa shape index (κ2) is 4.18. The first kappa shape index (κ1) is 12.0. The second-order valence-corrected chi connectivity index (χ2v) is 3.65. The standard InChI is InChI=1S/C10H12F3NO/c1-6(2)9(15)7-5-14-4-3-8(7)10(11,12)13/h3-6,9,15H,1-2H3. The Morgan fingerprint density at radius 2 is 1.93 bits per heavy atom. The average molecular weight is 219 g/mol. The Hall–Kier alpha value is -1.10. The maximum absolute atomic E-state index is 12.5. The van der Waals surface area contributed by atoms with Gasteiger partial charge < -0.3 is 5.11 Å². The van der Waals surface area contributed by atoms with Crippen molar-refractivity contribution in [1.82, 2.24) is 4.98 Å². The van der Waals surface area contributed by atoms with Crippen LogP contribution in [-0.2, 0) is 6.18 Å². The molecular weight excluding hydrogens is 207 g/mol. The van der Waals surface area contributed by atoms with Gasteiger partial charge in [-0.1, -0.05) is 13.8 Å². The van der Waals surface area contributed by atoms with Gasteiger partial charge in [0.1, 0.15) is 0 Å². The molecule has 0 aliphatic heterocycles. The van der Waals surface area contributed by atoms with E-state index < -0.39 is 17.8 Å². The Labute approximate surface area is 85.8 Å². The minimum atomic E-state index is -4.45. The molecule has 1 unspecified atom stereocenters. The maximum Gasteiger partial charge on any atom is 0.416 e. The van der Waals surface area contributed by atoms with Crippen molar-refractivity contribution >= 4 is 0 Å². The first-order valence-corrected chi connectivity index (χ1v) is 4.53. The van der Waals surface area contributed by atoms with Crippen LogP contribution in [-0.4, -0.2) is 10.1 Å². The number of hydrogen-bond acceptors (Lipinski definition) is 2. The first-order valence-electron chi connectivity index (χ1n) is 4.53. The van der Waals surface area contributed by atoms with Crippen LogP contribution in [0.1, 0.15) is 31.1 Å². The van der Waals surface area contributed by atoms with Crippen molar-refractivity contribution in [2.24, 2.45) is 5.92 Å². The third kappa shape index (κ3) is 2.68. The highest BCUT2D eigenvalue weighted by Gasteiger charge is 2.35. The number of hydrogen-bond donors (Lipinski definition) is 1. The Balaban J connectivity index is 3.18. The summed E-state index contributed by atoms with van der Waals surface area (Å²) in [5.41, 5.74) is -0.987. The van der Waals surface area contributed by atoms with Gasteiger partial charge in [-0.2, -0.15) is 13.2 Å². The van der Waals surface area contributed by atoms with Crippen LogP contribution in [0.2, 0.25) is 0 Å². The molecule has 1 N–H and O–H groups in total. The van der Waals surface area contributed by atoms with E-state index in [1.807, 2.05) is 0 Å². The van der Waals surface area contributed by atoms with Crippen LogP contribution < -0.4 is 0 Å². The van der Waals surface area contributed by atoms with E-state index in [0.29, 0.717) is 0 Å². The Kier molecular flexibility index (Phi) is 3.34. The highest BCUT2D eigenvalue weighted by atomic mass is 19.4. The lowest BCUT2D eigenvalue weighted by Crippen LogP contribution is -2.15. The summed E-state index contributed by atoms with van der Waals surface area (Å²) < 4.78 is 37.6. The molecule has 0 aliphatic carbocycles. The molecule has 15 heavy (non-hydrogen) atoms. The van der Waals surface area contributed by atoms with E-state index in [0.717, 1.165) is 18.5 Å². The molecule has 0 fully saturated rings. The van der Waals surface area contributed by atoms with Crippen LogP contribution >= 0.6 is 0 Å².